The maximum Gasteiger partial charge on any atom is 0.488 e. The molecule has 0 unspecified atom stereocenters. The fourth-order valence-corrected chi connectivity index (χ4v) is 1.68. The first-order valence-electron chi connectivity index (χ1n) is 3.93. The lowest BCUT2D eigenvalue weighted by atomic mass is 9.79. The molecule has 0 spiro atoms. The van der Waals surface area contributed by atoms with Gasteiger partial charge < -0.3 is 14.2 Å². The first kappa shape index (κ1) is 14.0. The predicted molar refractivity (Wildman–Crippen MR) is 74.1 cm³/mol. The Morgan fingerprint density at radius 1 is 1.44 bits per heavy atom. The Hall–Kier alpha value is -0.0751. The summed E-state index contributed by atoms with van der Waals surface area (Å²) in [7, 11) is -0.318. The van der Waals surface area contributed by atoms with Crippen LogP contribution in [0.4, 0.5) is 3.89 Å². The van der Waals surface area contributed by atoms with Crippen LogP contribution in [0.15, 0.2) is 18.2 Å². The molecule has 1 aromatic rings. The van der Waals surface area contributed by atoms with Gasteiger partial charge in [0, 0.05) is 21.2 Å². The van der Waals surface area contributed by atoms with Gasteiger partial charge in [-0.1, -0.05) is 12.0 Å². The summed E-state index contributed by atoms with van der Waals surface area (Å²) < 4.78 is 16.6. The Bertz CT molecular complexity index is 421. The molecular formula is C8H5BFIO3S2. The maximum atomic E-state index is 12.0. The third-order valence-corrected chi connectivity index (χ3v) is 2.73. The summed E-state index contributed by atoms with van der Waals surface area (Å²) in [6.07, 6.45) is 0. The van der Waals surface area contributed by atoms with Gasteiger partial charge in [-0.25, -0.2) is 0 Å². The van der Waals surface area contributed by atoms with Crippen LogP contribution in [-0.2, 0) is 0 Å². The molecular weight excluding hydrogens is 365 g/mol. The van der Waals surface area contributed by atoms with Crippen molar-refractivity contribution < 1.29 is 18.1 Å². The average molecular weight is 370 g/mol. The molecule has 1 rings (SSSR count). The molecule has 3 nitrogen and oxygen atoms in total. The molecule has 0 atom stereocenters. The standard InChI is InChI=1S/C8H5BFIO3S2/c10-16-14-8-2-1-7(9(12)13)5-6(8)3-4-15-11/h1-2,5,12-13H. The van der Waals surface area contributed by atoms with E-state index in [9.17, 15) is 3.89 Å². The zero-order valence-electron chi connectivity index (χ0n) is 7.68. The van der Waals surface area contributed by atoms with Crippen molar-refractivity contribution in [3.8, 4) is 16.9 Å². The Balaban J connectivity index is 3.10. The van der Waals surface area contributed by atoms with Crippen LogP contribution in [0, 0.1) is 11.2 Å². The van der Waals surface area contributed by atoms with Gasteiger partial charge in [0.2, 0.25) is 0 Å². The predicted octanol–water partition coefficient (Wildman–Crippen LogP) is 1.67. The molecule has 1 aromatic carbocycles. The highest BCUT2D eigenvalue weighted by molar-refractivity contribution is 14.2. The molecule has 0 aromatic heterocycles. The SMILES string of the molecule is OB(O)c1ccc(OSF)c(C#CSI)c1. The quantitative estimate of drug-likeness (QED) is 0.367. The average Bonchev–Trinajstić information content (AvgIpc) is 2.27. The van der Waals surface area contributed by atoms with E-state index in [4.69, 9.17) is 10.0 Å². The fraction of sp³-hybridized carbons (Fsp3) is 0. The smallest absolute Gasteiger partial charge is 0.423 e. The molecule has 0 aliphatic rings. The number of hydrogen-bond acceptors (Lipinski definition) is 5. The van der Waals surface area contributed by atoms with Crippen molar-refractivity contribution >= 4 is 55.1 Å². The topological polar surface area (TPSA) is 49.7 Å². The zero-order chi connectivity index (χ0) is 12.0. The van der Waals surface area contributed by atoms with E-state index in [2.05, 4.69) is 15.4 Å². The lowest BCUT2D eigenvalue weighted by Crippen LogP contribution is -2.29. The van der Waals surface area contributed by atoms with Crippen LogP contribution < -0.4 is 9.65 Å². The molecule has 0 aliphatic carbocycles. The third kappa shape index (κ3) is 4.06. The van der Waals surface area contributed by atoms with E-state index < -0.39 is 7.12 Å². The summed E-state index contributed by atoms with van der Waals surface area (Å²) in [5.74, 6) is 2.97. The van der Waals surface area contributed by atoms with E-state index in [1.807, 2.05) is 21.2 Å². The van der Waals surface area contributed by atoms with Crippen molar-refractivity contribution in [1.29, 1.82) is 0 Å². The van der Waals surface area contributed by atoms with Crippen LogP contribution in [0.1, 0.15) is 5.56 Å². The van der Waals surface area contributed by atoms with E-state index in [1.54, 1.807) is 0 Å². The highest BCUT2D eigenvalue weighted by atomic mass is 127. The van der Waals surface area contributed by atoms with E-state index >= 15 is 0 Å². The normalized spacial score (nSPS) is 9.25. The second-order valence-corrected chi connectivity index (χ2v) is 4.55. The highest BCUT2D eigenvalue weighted by Crippen LogP contribution is 2.21. The van der Waals surface area contributed by atoms with Crippen LogP contribution >= 0.6 is 42.6 Å². The highest BCUT2D eigenvalue weighted by Gasteiger charge is 2.13. The van der Waals surface area contributed by atoms with Crippen molar-refractivity contribution in [2.45, 2.75) is 0 Å². The van der Waals surface area contributed by atoms with Gasteiger partial charge in [-0.2, -0.15) is 0 Å². The first-order chi connectivity index (χ1) is 7.69. The fourth-order valence-electron chi connectivity index (χ4n) is 0.987. The number of rotatable bonds is 3. The van der Waals surface area contributed by atoms with Gasteiger partial charge in [0.1, 0.15) is 0 Å². The summed E-state index contributed by atoms with van der Waals surface area (Å²) in [5, 5.41) is 20.7. The molecule has 0 amide bonds. The third-order valence-electron chi connectivity index (χ3n) is 1.65. The Labute approximate surface area is 113 Å². The van der Waals surface area contributed by atoms with Crippen molar-refractivity contribution in [2.24, 2.45) is 0 Å². The van der Waals surface area contributed by atoms with Crippen molar-refractivity contribution in [3.63, 3.8) is 0 Å². The minimum absolute atomic E-state index is 0.245. The Morgan fingerprint density at radius 3 is 2.75 bits per heavy atom. The van der Waals surface area contributed by atoms with E-state index in [-0.39, 0.29) is 23.6 Å². The van der Waals surface area contributed by atoms with E-state index in [0.717, 1.165) is 0 Å². The lowest BCUT2D eigenvalue weighted by molar-refractivity contribution is 0.425. The molecule has 0 radical (unpaired) electrons. The van der Waals surface area contributed by atoms with Gasteiger partial charge >= 0.3 is 7.12 Å². The minimum Gasteiger partial charge on any atom is -0.423 e. The monoisotopic (exact) mass is 370 g/mol. The van der Waals surface area contributed by atoms with Crippen molar-refractivity contribution in [3.05, 3.63) is 23.8 Å². The molecule has 84 valence electrons. The summed E-state index contributed by atoms with van der Waals surface area (Å²) in [6, 6.07) is 4.30. The molecule has 0 saturated carbocycles. The summed E-state index contributed by atoms with van der Waals surface area (Å²) in [5.41, 5.74) is 0.680. The Morgan fingerprint density at radius 2 is 2.19 bits per heavy atom. The molecule has 2 N–H and O–H groups in total. The van der Waals surface area contributed by atoms with Crippen LogP contribution in [0.3, 0.4) is 0 Å². The van der Waals surface area contributed by atoms with Gasteiger partial charge in [0.05, 0.1) is 5.56 Å². The van der Waals surface area contributed by atoms with E-state index in [0.29, 0.717) is 5.56 Å². The molecule has 0 aliphatic heterocycles. The van der Waals surface area contributed by atoms with Gasteiger partial charge in [-0.3, -0.25) is 0 Å². The van der Waals surface area contributed by atoms with Crippen LogP contribution in [0.5, 0.6) is 5.75 Å². The molecule has 0 heterocycles. The first-order valence-corrected chi connectivity index (χ1v) is 7.93. The van der Waals surface area contributed by atoms with Crippen LogP contribution in [-0.4, -0.2) is 17.2 Å². The van der Waals surface area contributed by atoms with Gasteiger partial charge in [-0.15, -0.1) is 3.89 Å². The largest absolute Gasteiger partial charge is 0.488 e. The van der Waals surface area contributed by atoms with Crippen molar-refractivity contribution in [1.82, 2.24) is 0 Å². The van der Waals surface area contributed by atoms with Gasteiger partial charge in [0.15, 0.2) is 5.75 Å². The molecule has 8 heteroatoms. The van der Waals surface area contributed by atoms with Crippen LogP contribution in [0.2, 0.25) is 0 Å². The number of hydrogen-bond donors (Lipinski definition) is 2. The second kappa shape index (κ2) is 7.29. The Kier molecular flexibility index (Phi) is 6.37. The number of halogens is 2. The molecule has 0 bridgehead atoms. The maximum absolute atomic E-state index is 12.0. The van der Waals surface area contributed by atoms with Crippen LogP contribution in [0.25, 0.3) is 0 Å². The lowest BCUT2D eigenvalue weighted by Gasteiger charge is -2.04. The minimum atomic E-state index is -1.58. The zero-order valence-corrected chi connectivity index (χ0v) is 11.5. The van der Waals surface area contributed by atoms with Gasteiger partial charge in [0.25, 0.3) is 12.4 Å². The summed E-state index contributed by atoms with van der Waals surface area (Å²) >= 11 is 1.71. The summed E-state index contributed by atoms with van der Waals surface area (Å²) in [6.45, 7) is 0. The summed E-state index contributed by atoms with van der Waals surface area (Å²) in [4.78, 5) is 0. The number of benzene rings is 1. The second-order valence-electron chi connectivity index (χ2n) is 2.58. The molecule has 0 fully saturated rings. The van der Waals surface area contributed by atoms with Gasteiger partial charge in [-0.05, 0) is 31.8 Å². The molecule has 0 saturated heterocycles. The van der Waals surface area contributed by atoms with E-state index in [1.165, 1.54) is 27.1 Å². The van der Waals surface area contributed by atoms with Crippen molar-refractivity contribution in [2.75, 3.05) is 0 Å². The molecule has 16 heavy (non-hydrogen) atoms.